The Morgan fingerprint density at radius 3 is 2.79 bits per heavy atom. The van der Waals surface area contributed by atoms with Gasteiger partial charge >= 0.3 is 6.09 Å². The Balaban J connectivity index is 1.94. The van der Waals surface area contributed by atoms with Crippen molar-refractivity contribution in [2.24, 2.45) is 0 Å². The number of hydrogen-bond donors (Lipinski definition) is 1. The van der Waals surface area contributed by atoms with Crippen molar-refractivity contribution in [3.63, 3.8) is 0 Å². The number of carbonyl (C=O) groups is 1. The predicted octanol–water partition coefficient (Wildman–Crippen LogP) is 2.56. The molecule has 1 aromatic rings. The first-order chi connectivity index (χ1) is 9.22. The molecule has 104 valence electrons. The van der Waals surface area contributed by atoms with Gasteiger partial charge in [-0.05, 0) is 31.7 Å². The van der Waals surface area contributed by atoms with E-state index in [1.54, 1.807) is 4.90 Å². The summed E-state index contributed by atoms with van der Waals surface area (Å²) in [7, 11) is 0. The van der Waals surface area contributed by atoms with Gasteiger partial charge in [0.25, 0.3) is 0 Å². The van der Waals surface area contributed by atoms with Crippen LogP contribution in [0.5, 0.6) is 0 Å². The highest BCUT2D eigenvalue weighted by Gasteiger charge is 2.32. The molecule has 19 heavy (non-hydrogen) atoms. The summed E-state index contributed by atoms with van der Waals surface area (Å²) in [6, 6.07) is 9.65. The molecule has 0 bridgehead atoms. The highest BCUT2D eigenvalue weighted by Crippen LogP contribution is 2.23. The lowest BCUT2D eigenvalue weighted by Gasteiger charge is -2.38. The average molecular weight is 263 g/mol. The van der Waals surface area contributed by atoms with E-state index in [9.17, 15) is 9.90 Å². The lowest BCUT2D eigenvalue weighted by molar-refractivity contribution is 0.0277. The largest absolute Gasteiger partial charge is 0.445 e. The summed E-state index contributed by atoms with van der Waals surface area (Å²) in [5.41, 5.74) is 0.973. The number of aliphatic hydroxyl groups excluding tert-OH is 1. The second kappa shape index (κ2) is 6.57. The predicted molar refractivity (Wildman–Crippen MR) is 72.7 cm³/mol. The fourth-order valence-corrected chi connectivity index (χ4v) is 2.59. The van der Waals surface area contributed by atoms with Crippen LogP contribution in [0.1, 0.15) is 31.7 Å². The number of rotatable bonds is 3. The van der Waals surface area contributed by atoms with Crippen LogP contribution in [0.25, 0.3) is 0 Å². The van der Waals surface area contributed by atoms with Crippen LogP contribution in [0.4, 0.5) is 4.79 Å². The fourth-order valence-electron chi connectivity index (χ4n) is 2.59. The van der Waals surface area contributed by atoms with Crippen LogP contribution in [0.15, 0.2) is 30.3 Å². The van der Waals surface area contributed by atoms with Crippen molar-refractivity contribution in [1.29, 1.82) is 0 Å². The summed E-state index contributed by atoms with van der Waals surface area (Å²) in [5, 5.41) is 9.36. The number of carbonyl (C=O) groups excluding carboxylic acids is 1. The Bertz CT molecular complexity index is 407. The first-order valence-corrected chi connectivity index (χ1v) is 6.82. The van der Waals surface area contributed by atoms with Gasteiger partial charge < -0.3 is 14.7 Å². The molecule has 0 aromatic heterocycles. The van der Waals surface area contributed by atoms with Crippen molar-refractivity contribution in [3.8, 4) is 0 Å². The lowest BCUT2D eigenvalue weighted by atomic mass is 9.97. The zero-order valence-corrected chi connectivity index (χ0v) is 11.3. The molecule has 1 fully saturated rings. The number of nitrogens with zero attached hydrogens (tertiary/aromatic N) is 1. The Hall–Kier alpha value is -1.55. The van der Waals surface area contributed by atoms with Gasteiger partial charge in [0.15, 0.2) is 0 Å². The van der Waals surface area contributed by atoms with Crippen molar-refractivity contribution in [2.45, 2.75) is 44.9 Å². The lowest BCUT2D eigenvalue weighted by Crippen LogP contribution is -2.50. The van der Waals surface area contributed by atoms with Gasteiger partial charge in [-0.2, -0.15) is 0 Å². The number of amides is 1. The van der Waals surface area contributed by atoms with E-state index in [0.717, 1.165) is 24.8 Å². The minimum Gasteiger partial charge on any atom is -0.445 e. The van der Waals surface area contributed by atoms with E-state index in [2.05, 4.69) is 0 Å². The van der Waals surface area contributed by atoms with Crippen LogP contribution in [-0.4, -0.2) is 34.8 Å². The highest BCUT2D eigenvalue weighted by molar-refractivity contribution is 5.68. The first-order valence-electron chi connectivity index (χ1n) is 6.82. The van der Waals surface area contributed by atoms with Crippen LogP contribution < -0.4 is 0 Å². The zero-order chi connectivity index (χ0) is 13.7. The highest BCUT2D eigenvalue weighted by atomic mass is 16.6. The monoisotopic (exact) mass is 263 g/mol. The number of benzene rings is 1. The third kappa shape index (κ3) is 3.47. The summed E-state index contributed by atoms with van der Waals surface area (Å²) < 4.78 is 5.35. The van der Waals surface area contributed by atoms with E-state index in [1.165, 1.54) is 0 Å². The Kier molecular flexibility index (Phi) is 4.80. The molecule has 2 atom stereocenters. The molecule has 1 N–H and O–H groups in total. The molecular weight excluding hydrogens is 242 g/mol. The molecule has 0 radical (unpaired) electrons. The molecule has 2 rings (SSSR count). The topological polar surface area (TPSA) is 49.8 Å². The summed E-state index contributed by atoms with van der Waals surface area (Å²) >= 11 is 0. The van der Waals surface area contributed by atoms with Crippen LogP contribution in [0.3, 0.4) is 0 Å². The van der Waals surface area contributed by atoms with Gasteiger partial charge in [-0.15, -0.1) is 0 Å². The van der Waals surface area contributed by atoms with Crippen molar-refractivity contribution < 1.29 is 14.6 Å². The fraction of sp³-hybridized carbons (Fsp3) is 0.533. The maximum Gasteiger partial charge on any atom is 0.410 e. The summed E-state index contributed by atoms with van der Waals surface area (Å²) in [6.45, 7) is 2.29. The standard InChI is InChI=1S/C15H21NO3/c1-12-6-5-9-14(10-17)16(12)15(18)19-11-13-7-3-2-4-8-13/h2-4,7-8,12,14,17H,5-6,9-11H2,1H3/t12-,14+/m0/s1. The minimum atomic E-state index is -0.324. The van der Waals surface area contributed by atoms with E-state index in [1.807, 2.05) is 37.3 Å². The number of ether oxygens (including phenoxy) is 1. The van der Waals surface area contributed by atoms with Gasteiger partial charge in [-0.25, -0.2) is 4.79 Å². The molecule has 1 saturated heterocycles. The summed E-state index contributed by atoms with van der Waals surface area (Å²) in [4.78, 5) is 13.8. The maximum absolute atomic E-state index is 12.1. The van der Waals surface area contributed by atoms with Gasteiger partial charge in [0.1, 0.15) is 6.61 Å². The Morgan fingerprint density at radius 1 is 1.37 bits per heavy atom. The van der Waals surface area contributed by atoms with Crippen LogP contribution in [0.2, 0.25) is 0 Å². The molecule has 1 aromatic carbocycles. The van der Waals surface area contributed by atoms with E-state index in [-0.39, 0.29) is 31.4 Å². The van der Waals surface area contributed by atoms with Crippen LogP contribution >= 0.6 is 0 Å². The second-order valence-electron chi connectivity index (χ2n) is 5.06. The van der Waals surface area contributed by atoms with Gasteiger partial charge in [-0.3, -0.25) is 0 Å². The van der Waals surface area contributed by atoms with Gasteiger partial charge in [-0.1, -0.05) is 30.3 Å². The third-order valence-electron chi connectivity index (χ3n) is 3.65. The Labute approximate surface area is 114 Å². The van der Waals surface area contributed by atoms with Crippen molar-refractivity contribution in [1.82, 2.24) is 4.90 Å². The van der Waals surface area contributed by atoms with E-state index in [0.29, 0.717) is 0 Å². The maximum atomic E-state index is 12.1. The van der Waals surface area contributed by atoms with Gasteiger partial charge in [0.2, 0.25) is 0 Å². The smallest absolute Gasteiger partial charge is 0.410 e. The van der Waals surface area contributed by atoms with Crippen molar-refractivity contribution >= 4 is 6.09 Å². The number of aliphatic hydroxyl groups is 1. The number of likely N-dealkylation sites (tertiary alicyclic amines) is 1. The SMILES string of the molecule is C[C@H]1CCC[C@H](CO)N1C(=O)OCc1ccccc1. The van der Waals surface area contributed by atoms with Crippen molar-refractivity contribution in [3.05, 3.63) is 35.9 Å². The molecule has 0 aliphatic carbocycles. The molecule has 0 saturated carbocycles. The van der Waals surface area contributed by atoms with Crippen molar-refractivity contribution in [2.75, 3.05) is 6.61 Å². The molecule has 4 nitrogen and oxygen atoms in total. The van der Waals surface area contributed by atoms with Gasteiger partial charge in [0.05, 0.1) is 12.6 Å². The van der Waals surface area contributed by atoms with E-state index in [4.69, 9.17) is 4.74 Å². The van der Waals surface area contributed by atoms with E-state index < -0.39 is 0 Å². The average Bonchev–Trinajstić information content (AvgIpc) is 2.45. The molecular formula is C15H21NO3. The van der Waals surface area contributed by atoms with Crippen LogP contribution in [0, 0.1) is 0 Å². The normalized spacial score (nSPS) is 23.2. The Morgan fingerprint density at radius 2 is 2.11 bits per heavy atom. The molecule has 1 amide bonds. The third-order valence-corrected chi connectivity index (χ3v) is 3.65. The number of hydrogen-bond acceptors (Lipinski definition) is 3. The molecule has 0 unspecified atom stereocenters. The second-order valence-corrected chi connectivity index (χ2v) is 5.06. The molecule has 1 heterocycles. The zero-order valence-electron chi connectivity index (χ0n) is 11.3. The minimum absolute atomic E-state index is 0.00474. The molecule has 0 spiro atoms. The summed E-state index contributed by atoms with van der Waals surface area (Å²) in [6.07, 6.45) is 2.54. The molecule has 1 aliphatic rings. The number of piperidine rings is 1. The molecule has 4 heteroatoms. The summed E-state index contributed by atoms with van der Waals surface area (Å²) in [5.74, 6) is 0. The quantitative estimate of drug-likeness (QED) is 0.911. The van der Waals surface area contributed by atoms with E-state index >= 15 is 0 Å². The molecule has 1 aliphatic heterocycles. The first kappa shape index (κ1) is 13.9. The van der Waals surface area contributed by atoms with Gasteiger partial charge in [0, 0.05) is 6.04 Å². The van der Waals surface area contributed by atoms with Crippen LogP contribution in [-0.2, 0) is 11.3 Å².